The zero-order chi connectivity index (χ0) is 30.5. The van der Waals surface area contributed by atoms with Gasteiger partial charge in [-0.2, -0.15) is 0 Å². The Kier molecular flexibility index (Phi) is 12.5. The molecule has 0 radical (unpaired) electrons. The van der Waals surface area contributed by atoms with Crippen molar-refractivity contribution >= 4 is 11.9 Å². The molecule has 226 valence electrons. The summed E-state index contributed by atoms with van der Waals surface area (Å²) in [5.74, 6) is -0.216. The normalized spacial score (nSPS) is 14.4. The number of rotatable bonds is 15. The molecule has 42 heavy (non-hydrogen) atoms. The van der Waals surface area contributed by atoms with Gasteiger partial charge in [0.2, 0.25) is 0 Å². The summed E-state index contributed by atoms with van der Waals surface area (Å²) >= 11 is 0. The van der Waals surface area contributed by atoms with Crippen LogP contribution in [0.5, 0.6) is 17.2 Å². The molecule has 0 spiro atoms. The summed E-state index contributed by atoms with van der Waals surface area (Å²) in [4.78, 5) is 25.9. The zero-order valence-corrected chi connectivity index (χ0v) is 24.8. The molecule has 0 bridgehead atoms. The Morgan fingerprint density at radius 2 is 1.60 bits per heavy atom. The predicted octanol–water partition coefficient (Wildman–Crippen LogP) is 3.63. The fraction of sp³-hybridized carbons (Fsp3) is 0.375. The van der Waals surface area contributed by atoms with E-state index < -0.39 is 24.0 Å². The number of aliphatic hydroxyl groups excluding tert-OH is 1. The lowest BCUT2D eigenvalue weighted by molar-refractivity contribution is -0.137. The summed E-state index contributed by atoms with van der Waals surface area (Å²) in [6, 6.07) is 14.6. The number of methoxy groups -OCH3 is 2. The molecular formula is C32H40N2O8. The largest absolute Gasteiger partial charge is 0.494 e. The van der Waals surface area contributed by atoms with Crippen molar-refractivity contribution in [2.24, 2.45) is 0 Å². The monoisotopic (exact) mass is 580 g/mol. The summed E-state index contributed by atoms with van der Waals surface area (Å²) in [7, 11) is 2.59. The summed E-state index contributed by atoms with van der Waals surface area (Å²) in [6.07, 6.45) is 3.07. The van der Waals surface area contributed by atoms with E-state index in [4.69, 9.17) is 23.7 Å². The van der Waals surface area contributed by atoms with Crippen LogP contribution in [0.4, 0.5) is 0 Å². The number of esters is 2. The van der Waals surface area contributed by atoms with Gasteiger partial charge in [-0.25, -0.2) is 9.59 Å². The average molecular weight is 581 g/mol. The zero-order valence-electron chi connectivity index (χ0n) is 24.8. The van der Waals surface area contributed by atoms with Gasteiger partial charge in [0.05, 0.1) is 37.9 Å². The van der Waals surface area contributed by atoms with E-state index in [1.165, 1.54) is 14.2 Å². The molecule has 0 saturated heterocycles. The number of carbonyl (C=O) groups excluding carboxylic acids is 2. The molecule has 0 unspecified atom stereocenters. The van der Waals surface area contributed by atoms with Gasteiger partial charge in [-0.3, -0.25) is 0 Å². The second-order valence-corrected chi connectivity index (χ2v) is 9.47. The number of hydrogen-bond acceptors (Lipinski definition) is 10. The van der Waals surface area contributed by atoms with Crippen LogP contribution in [0.15, 0.2) is 83.2 Å². The van der Waals surface area contributed by atoms with Gasteiger partial charge in [0.1, 0.15) is 36.6 Å². The smallest absolute Gasteiger partial charge is 0.336 e. The van der Waals surface area contributed by atoms with Crippen molar-refractivity contribution in [3.63, 3.8) is 0 Å². The quantitative estimate of drug-likeness (QED) is 0.163. The first-order valence-corrected chi connectivity index (χ1v) is 13.8. The van der Waals surface area contributed by atoms with Crippen LogP contribution in [0.3, 0.4) is 0 Å². The number of ether oxygens (including phenoxy) is 5. The number of carbonyl (C=O) groups is 2. The Labute approximate surface area is 246 Å². The first-order chi connectivity index (χ1) is 20.3. The topological polar surface area (TPSA) is 125 Å². The molecule has 10 heteroatoms. The summed E-state index contributed by atoms with van der Waals surface area (Å²) in [6.45, 7) is 7.10. The Hall–Kier alpha value is -4.28. The highest BCUT2D eigenvalue weighted by Gasteiger charge is 2.39. The van der Waals surface area contributed by atoms with Crippen LogP contribution in [-0.2, 0) is 19.1 Å². The third-order valence-electron chi connectivity index (χ3n) is 6.50. The van der Waals surface area contributed by atoms with E-state index in [1.807, 2.05) is 49.4 Å². The number of allylic oxidation sites excluding steroid dienone is 2. The molecule has 0 fully saturated rings. The molecule has 3 N–H and O–H groups in total. The fourth-order valence-corrected chi connectivity index (χ4v) is 4.60. The van der Waals surface area contributed by atoms with Crippen molar-refractivity contribution in [1.29, 1.82) is 0 Å². The Bertz CT molecular complexity index is 1260. The van der Waals surface area contributed by atoms with Gasteiger partial charge in [0, 0.05) is 30.0 Å². The number of nitrogens with one attached hydrogen (secondary N) is 2. The Morgan fingerprint density at radius 3 is 2.21 bits per heavy atom. The van der Waals surface area contributed by atoms with E-state index in [9.17, 15) is 14.7 Å². The van der Waals surface area contributed by atoms with E-state index in [1.54, 1.807) is 32.0 Å². The van der Waals surface area contributed by atoms with E-state index in [2.05, 4.69) is 10.6 Å². The van der Waals surface area contributed by atoms with Crippen molar-refractivity contribution in [1.82, 2.24) is 10.6 Å². The third-order valence-corrected chi connectivity index (χ3v) is 6.50. The molecule has 0 aromatic heterocycles. The van der Waals surface area contributed by atoms with Crippen molar-refractivity contribution in [3.05, 3.63) is 88.8 Å². The maximum Gasteiger partial charge on any atom is 0.336 e. The molecule has 0 saturated carbocycles. The molecule has 1 heterocycles. The number of aliphatic hydroxyl groups is 1. The maximum absolute atomic E-state index is 13.0. The van der Waals surface area contributed by atoms with Crippen LogP contribution in [0.2, 0.25) is 0 Å². The van der Waals surface area contributed by atoms with Crippen LogP contribution in [0, 0.1) is 0 Å². The van der Waals surface area contributed by atoms with E-state index in [0.29, 0.717) is 53.9 Å². The van der Waals surface area contributed by atoms with E-state index in [0.717, 1.165) is 0 Å². The lowest BCUT2D eigenvalue weighted by atomic mass is 9.80. The first-order valence-electron chi connectivity index (χ1n) is 13.8. The highest BCUT2D eigenvalue weighted by atomic mass is 16.5. The number of benzene rings is 2. The number of para-hydroxylation sites is 1. The van der Waals surface area contributed by atoms with Crippen LogP contribution in [0.25, 0.3) is 0 Å². The minimum Gasteiger partial charge on any atom is -0.494 e. The number of hydrogen-bond donors (Lipinski definition) is 3. The molecule has 10 nitrogen and oxygen atoms in total. The second-order valence-electron chi connectivity index (χ2n) is 9.47. The maximum atomic E-state index is 13.0. The fourth-order valence-electron chi connectivity index (χ4n) is 4.60. The Balaban J connectivity index is 1.72. The molecule has 0 aliphatic carbocycles. The van der Waals surface area contributed by atoms with Crippen molar-refractivity contribution in [2.75, 3.05) is 47.1 Å². The molecule has 1 aliphatic heterocycles. The minimum absolute atomic E-state index is 0.185. The van der Waals surface area contributed by atoms with Gasteiger partial charge in [-0.05, 0) is 51.1 Å². The lowest BCUT2D eigenvalue weighted by Crippen LogP contribution is -2.32. The van der Waals surface area contributed by atoms with Gasteiger partial charge < -0.3 is 39.4 Å². The molecule has 2 aromatic carbocycles. The summed E-state index contributed by atoms with van der Waals surface area (Å²) < 4.78 is 27.6. The van der Waals surface area contributed by atoms with Crippen molar-refractivity contribution < 1.29 is 38.4 Å². The van der Waals surface area contributed by atoms with Crippen LogP contribution in [0.1, 0.15) is 32.3 Å². The SMILES string of the molecule is CCOc1ccc(OC/C=C/CNC[C@H](O)COc2ccccc2)c(C2C(C(=O)OC)=C(C)NC(C)=C2C(=O)OC)c1. The van der Waals surface area contributed by atoms with Crippen molar-refractivity contribution in [2.45, 2.75) is 32.8 Å². The first kappa shape index (κ1) is 32.2. The van der Waals surface area contributed by atoms with Crippen LogP contribution in [-0.4, -0.2) is 70.3 Å². The molecule has 1 aliphatic rings. The Morgan fingerprint density at radius 1 is 0.929 bits per heavy atom. The molecule has 2 aromatic rings. The summed E-state index contributed by atoms with van der Waals surface area (Å²) in [5, 5.41) is 16.4. The lowest BCUT2D eigenvalue weighted by Gasteiger charge is -2.31. The summed E-state index contributed by atoms with van der Waals surface area (Å²) in [5.41, 5.74) is 2.24. The minimum atomic E-state index is -0.813. The third kappa shape index (κ3) is 8.61. The van der Waals surface area contributed by atoms with Gasteiger partial charge in [0.15, 0.2) is 0 Å². The molecule has 0 amide bonds. The average Bonchev–Trinajstić information content (AvgIpc) is 2.99. The second kappa shape index (κ2) is 16.2. The standard InChI is InChI=1S/C32H40N2O8/c1-6-40-25-14-15-27(41-17-11-10-16-33-19-23(35)20-42-24-12-8-7-9-13-24)26(18-25)30-28(31(36)38-4)21(2)34-22(3)29(30)32(37)39-5/h7-15,18,23,30,33-35H,6,16-17,19-20H2,1-5H3/b11-10+/t23-/m0/s1. The van der Waals surface area contributed by atoms with Gasteiger partial charge in [-0.1, -0.05) is 30.4 Å². The van der Waals surface area contributed by atoms with Gasteiger partial charge in [-0.15, -0.1) is 0 Å². The number of dihydropyridines is 1. The molecular weight excluding hydrogens is 540 g/mol. The highest BCUT2D eigenvalue weighted by molar-refractivity contribution is 6.00. The van der Waals surface area contributed by atoms with Crippen LogP contribution < -0.4 is 24.8 Å². The van der Waals surface area contributed by atoms with Crippen LogP contribution >= 0.6 is 0 Å². The van der Waals surface area contributed by atoms with Crippen molar-refractivity contribution in [3.8, 4) is 17.2 Å². The van der Waals surface area contributed by atoms with E-state index in [-0.39, 0.29) is 24.4 Å². The molecule has 3 rings (SSSR count). The molecule has 1 atom stereocenters. The van der Waals surface area contributed by atoms with E-state index >= 15 is 0 Å². The predicted molar refractivity (Wildman–Crippen MR) is 158 cm³/mol. The van der Waals surface area contributed by atoms with Gasteiger partial charge in [0.25, 0.3) is 0 Å². The highest BCUT2D eigenvalue weighted by Crippen LogP contribution is 2.44. The van der Waals surface area contributed by atoms with Gasteiger partial charge >= 0.3 is 11.9 Å².